The Kier molecular flexibility index (Phi) is 25.9. The van der Waals surface area contributed by atoms with E-state index in [1.54, 1.807) is 6.92 Å². The molecule has 0 aromatic carbocycles. The minimum atomic E-state index is -0.939. The van der Waals surface area contributed by atoms with Crippen molar-refractivity contribution in [1.29, 1.82) is 0 Å². The molecule has 6 heteroatoms. The van der Waals surface area contributed by atoms with Crippen LogP contribution in [0, 0.1) is 0 Å². The van der Waals surface area contributed by atoms with Gasteiger partial charge in [-0.3, -0.25) is 0 Å². The maximum atomic E-state index is 11.6. The van der Waals surface area contributed by atoms with E-state index in [0.717, 1.165) is 6.16 Å². The number of carbonyl (C=O) groups is 1. The van der Waals surface area contributed by atoms with Crippen LogP contribution in [0.1, 0.15) is 66.2 Å². The van der Waals surface area contributed by atoms with Crippen molar-refractivity contribution in [3.8, 4) is 0 Å². The number of unbranched alkanes of at least 4 members (excludes halogenated alkanes) is 3. The van der Waals surface area contributed by atoms with Crippen LogP contribution in [0.15, 0.2) is 12.2 Å². The topological polar surface area (TPSA) is 61.3 Å². The molecule has 148 valence electrons. The van der Waals surface area contributed by atoms with Crippen molar-refractivity contribution in [3.05, 3.63) is 12.2 Å². The maximum absolute atomic E-state index is 11.6. The van der Waals surface area contributed by atoms with Gasteiger partial charge in [-0.05, 0) is 26.2 Å². The van der Waals surface area contributed by atoms with E-state index in [1.807, 2.05) is 0 Å². The third-order valence-corrected chi connectivity index (χ3v) is 9.03. The summed E-state index contributed by atoms with van der Waals surface area (Å²) >= 11 is 0. The standard InChI is InChI=1S/C18H36O2P.2ClH.H3N/c1-6-9-13-21(14-10-7-2,15-11-8-3)16-12-20-18(19)17(4)5;;;/h4,6-16H2,1-3,5H3;2*1H;1H3/q+1;;;/p-1. The molecule has 0 aromatic rings. The molecular formula is C18H40Cl2NO2P. The van der Waals surface area contributed by atoms with Crippen molar-refractivity contribution in [1.82, 2.24) is 6.15 Å². The third kappa shape index (κ3) is 14.5. The molecule has 0 rings (SSSR count). The van der Waals surface area contributed by atoms with E-state index in [-0.39, 0.29) is 36.9 Å². The number of ether oxygens (including phenoxy) is 1. The molecule has 0 radical (unpaired) electrons. The maximum Gasteiger partial charge on any atom is 0.333 e. The van der Waals surface area contributed by atoms with Gasteiger partial charge in [0.25, 0.3) is 0 Å². The van der Waals surface area contributed by atoms with Gasteiger partial charge in [0.15, 0.2) is 0 Å². The van der Waals surface area contributed by atoms with Crippen molar-refractivity contribution in [2.75, 3.05) is 31.3 Å². The molecule has 0 bridgehead atoms. The molecule has 24 heavy (non-hydrogen) atoms. The Morgan fingerprint density at radius 2 is 1.29 bits per heavy atom. The predicted molar refractivity (Wildman–Crippen MR) is 109 cm³/mol. The molecule has 0 aromatic heterocycles. The van der Waals surface area contributed by atoms with E-state index in [2.05, 4.69) is 27.4 Å². The molecule has 0 fully saturated rings. The van der Waals surface area contributed by atoms with Gasteiger partial charge in [-0.25, -0.2) is 4.79 Å². The fourth-order valence-electron chi connectivity index (χ4n) is 2.61. The van der Waals surface area contributed by atoms with Crippen LogP contribution < -0.4 is 18.6 Å². The normalized spacial score (nSPS) is 10.0. The average Bonchev–Trinajstić information content (AvgIpc) is 2.48. The highest BCUT2D eigenvalue weighted by Crippen LogP contribution is 2.60. The highest BCUT2D eigenvalue weighted by Gasteiger charge is 2.35. The summed E-state index contributed by atoms with van der Waals surface area (Å²) in [6, 6.07) is 0. The van der Waals surface area contributed by atoms with E-state index in [4.69, 9.17) is 4.74 Å². The molecule has 0 aliphatic heterocycles. The monoisotopic (exact) mass is 403 g/mol. The lowest BCUT2D eigenvalue weighted by Crippen LogP contribution is -3.00. The van der Waals surface area contributed by atoms with Crippen molar-refractivity contribution >= 4 is 25.6 Å². The third-order valence-electron chi connectivity index (χ3n) is 4.11. The summed E-state index contributed by atoms with van der Waals surface area (Å²) in [5.74, 6) is -0.227. The number of hydrogen-bond acceptors (Lipinski definition) is 3. The zero-order valence-corrected chi connectivity index (χ0v) is 18.7. The molecule has 0 saturated heterocycles. The Morgan fingerprint density at radius 1 is 0.917 bits per heavy atom. The Morgan fingerprint density at radius 3 is 1.58 bits per heavy atom. The van der Waals surface area contributed by atoms with E-state index >= 15 is 0 Å². The van der Waals surface area contributed by atoms with Gasteiger partial charge < -0.3 is 23.3 Å². The lowest BCUT2D eigenvalue weighted by atomic mass is 10.4. The second-order valence-corrected chi connectivity index (χ2v) is 10.7. The first kappa shape index (κ1) is 31.9. The fraction of sp³-hybridized carbons (Fsp3) is 0.833. The van der Waals surface area contributed by atoms with Crippen LogP contribution in [-0.4, -0.2) is 37.2 Å². The summed E-state index contributed by atoms with van der Waals surface area (Å²) in [5.41, 5.74) is 0.509. The zero-order valence-electron chi connectivity index (χ0n) is 16.2. The smallest absolute Gasteiger partial charge is 0.333 e. The fourth-order valence-corrected chi connectivity index (χ4v) is 7.39. The van der Waals surface area contributed by atoms with Gasteiger partial charge in [0, 0.05) is 12.8 Å². The molecule has 0 heterocycles. The first-order chi connectivity index (χ1) is 10.0. The molecule has 0 atom stereocenters. The zero-order chi connectivity index (χ0) is 16.1. The first-order valence-electron chi connectivity index (χ1n) is 8.69. The van der Waals surface area contributed by atoms with Crippen LogP contribution in [0.3, 0.4) is 0 Å². The Hall–Kier alpha value is 0.180. The molecule has 0 saturated carbocycles. The van der Waals surface area contributed by atoms with Gasteiger partial charge in [-0.15, -0.1) is 12.4 Å². The summed E-state index contributed by atoms with van der Waals surface area (Å²) in [6.45, 7) is 12.8. The molecule has 0 unspecified atom stereocenters. The van der Waals surface area contributed by atoms with Crippen LogP contribution in [0.2, 0.25) is 0 Å². The number of carbonyl (C=O) groups excluding carboxylic acids is 1. The molecule has 0 aliphatic carbocycles. The van der Waals surface area contributed by atoms with Crippen LogP contribution in [0.4, 0.5) is 0 Å². The van der Waals surface area contributed by atoms with E-state index in [1.165, 1.54) is 57.0 Å². The first-order valence-corrected chi connectivity index (χ1v) is 11.2. The van der Waals surface area contributed by atoms with Gasteiger partial charge >= 0.3 is 5.97 Å². The van der Waals surface area contributed by atoms with E-state index in [9.17, 15) is 4.79 Å². The SMILES string of the molecule is C=C(C)C(=O)OCC[P+](CCCC)(CCCC)CCCC.Cl.N.[Cl-]. The van der Waals surface area contributed by atoms with Crippen molar-refractivity contribution in [2.24, 2.45) is 0 Å². The van der Waals surface area contributed by atoms with Gasteiger partial charge in [0.1, 0.15) is 6.61 Å². The summed E-state index contributed by atoms with van der Waals surface area (Å²) in [5, 5.41) is 0. The number of hydrogen-bond donors (Lipinski definition) is 1. The number of rotatable bonds is 13. The van der Waals surface area contributed by atoms with Crippen molar-refractivity contribution < 1.29 is 21.9 Å². The second-order valence-electron chi connectivity index (χ2n) is 6.21. The Bertz CT molecular complexity index is 294. The van der Waals surface area contributed by atoms with Crippen LogP contribution >= 0.6 is 19.7 Å². The lowest BCUT2D eigenvalue weighted by Gasteiger charge is -2.27. The quantitative estimate of drug-likeness (QED) is 0.292. The minimum Gasteiger partial charge on any atom is -1.00 e. The summed E-state index contributed by atoms with van der Waals surface area (Å²) in [4.78, 5) is 11.6. The minimum absolute atomic E-state index is 0. The van der Waals surface area contributed by atoms with Crippen molar-refractivity contribution in [3.63, 3.8) is 0 Å². The predicted octanol–water partition coefficient (Wildman–Crippen LogP) is 3.11. The summed E-state index contributed by atoms with van der Waals surface area (Å²) in [6.07, 6.45) is 13.1. The number of esters is 1. The second kappa shape index (κ2) is 19.5. The average molecular weight is 404 g/mol. The largest absolute Gasteiger partial charge is 1.00 e. The summed E-state index contributed by atoms with van der Waals surface area (Å²) in [7, 11) is -0.939. The van der Waals surface area contributed by atoms with Crippen LogP contribution in [-0.2, 0) is 9.53 Å². The highest BCUT2D eigenvalue weighted by atomic mass is 35.5. The molecule has 0 aliphatic rings. The van der Waals surface area contributed by atoms with Crippen LogP contribution in [0.25, 0.3) is 0 Å². The number of halogens is 2. The van der Waals surface area contributed by atoms with Crippen LogP contribution in [0.5, 0.6) is 0 Å². The van der Waals surface area contributed by atoms with Gasteiger partial charge in [0.2, 0.25) is 0 Å². The van der Waals surface area contributed by atoms with Crippen molar-refractivity contribution in [2.45, 2.75) is 66.2 Å². The van der Waals surface area contributed by atoms with Gasteiger partial charge in [-0.1, -0.05) is 46.6 Å². The Balaban J connectivity index is -0.000000667. The molecule has 0 amide bonds. The summed E-state index contributed by atoms with van der Waals surface area (Å²) < 4.78 is 5.39. The van der Waals surface area contributed by atoms with E-state index in [0.29, 0.717) is 12.2 Å². The lowest BCUT2D eigenvalue weighted by molar-refractivity contribution is -0.138. The molecule has 3 nitrogen and oxygen atoms in total. The Labute approximate surface area is 163 Å². The molecule has 3 N–H and O–H groups in total. The molecule has 0 spiro atoms. The van der Waals surface area contributed by atoms with Gasteiger partial charge in [-0.2, -0.15) is 0 Å². The molecular weight excluding hydrogens is 364 g/mol. The highest BCUT2D eigenvalue weighted by molar-refractivity contribution is 7.75. The van der Waals surface area contributed by atoms with Gasteiger partial charge in [0.05, 0.1) is 24.6 Å². The van der Waals surface area contributed by atoms with E-state index < -0.39 is 7.26 Å².